The summed E-state index contributed by atoms with van der Waals surface area (Å²) in [7, 11) is 1.57. The van der Waals surface area contributed by atoms with Crippen molar-refractivity contribution < 1.29 is 14.3 Å². The van der Waals surface area contributed by atoms with Crippen molar-refractivity contribution in [1.82, 2.24) is 15.3 Å². The third kappa shape index (κ3) is 4.64. The van der Waals surface area contributed by atoms with E-state index in [0.29, 0.717) is 49.3 Å². The normalized spacial score (nSPS) is 21.0. The lowest BCUT2D eigenvalue weighted by molar-refractivity contribution is -0.152. The molecule has 0 radical (unpaired) electrons. The molecular weight excluding hydrogens is 471 g/mol. The van der Waals surface area contributed by atoms with Gasteiger partial charge in [0, 0.05) is 31.1 Å². The SMILES string of the molecule is CCOC(=O)C1(NCc2ccc(OC)c(Cl)c2)CCN(c2ncc3ccsc3n2)C(Cl)C1. The van der Waals surface area contributed by atoms with Crippen molar-refractivity contribution in [3.8, 4) is 5.75 Å². The minimum atomic E-state index is -0.918. The van der Waals surface area contributed by atoms with Gasteiger partial charge in [0.1, 0.15) is 21.6 Å². The summed E-state index contributed by atoms with van der Waals surface area (Å²) in [6, 6.07) is 7.53. The second kappa shape index (κ2) is 9.79. The van der Waals surface area contributed by atoms with Crippen molar-refractivity contribution in [3.63, 3.8) is 0 Å². The Morgan fingerprint density at radius 3 is 2.97 bits per heavy atom. The predicted octanol–water partition coefficient (Wildman–Crippen LogP) is 4.61. The molecule has 10 heteroatoms. The molecule has 1 fully saturated rings. The highest BCUT2D eigenvalue weighted by Gasteiger charge is 2.46. The van der Waals surface area contributed by atoms with Gasteiger partial charge in [0.25, 0.3) is 0 Å². The fourth-order valence-corrected chi connectivity index (χ4v) is 5.30. The molecule has 1 saturated heterocycles. The molecule has 2 atom stereocenters. The monoisotopic (exact) mass is 494 g/mol. The molecule has 1 aliphatic heterocycles. The number of hydrogen-bond donors (Lipinski definition) is 1. The van der Waals surface area contributed by atoms with Crippen LogP contribution in [0, 0.1) is 0 Å². The van der Waals surface area contributed by atoms with Crippen LogP contribution >= 0.6 is 34.5 Å². The highest BCUT2D eigenvalue weighted by atomic mass is 35.5. The van der Waals surface area contributed by atoms with E-state index >= 15 is 0 Å². The molecule has 1 aliphatic rings. The molecule has 2 unspecified atom stereocenters. The van der Waals surface area contributed by atoms with Gasteiger partial charge < -0.3 is 14.4 Å². The van der Waals surface area contributed by atoms with Crippen LogP contribution in [0.4, 0.5) is 5.95 Å². The highest BCUT2D eigenvalue weighted by Crippen LogP contribution is 2.34. The fraction of sp³-hybridized carbons (Fsp3) is 0.409. The smallest absolute Gasteiger partial charge is 0.326 e. The number of methoxy groups -OCH3 is 1. The van der Waals surface area contributed by atoms with Crippen LogP contribution in [-0.4, -0.2) is 47.2 Å². The molecule has 0 spiro atoms. The van der Waals surface area contributed by atoms with Crippen molar-refractivity contribution in [2.75, 3.05) is 25.2 Å². The molecule has 3 heterocycles. The van der Waals surface area contributed by atoms with Gasteiger partial charge in [-0.3, -0.25) is 10.1 Å². The van der Waals surface area contributed by atoms with Gasteiger partial charge in [-0.05, 0) is 42.5 Å². The Morgan fingerprint density at radius 2 is 2.25 bits per heavy atom. The standard InChI is InChI=1S/C22H24Cl2N4O3S/c1-3-31-20(29)22(26-12-14-4-5-17(30-2)16(23)10-14)7-8-28(18(24)11-22)21-25-13-15-6-9-32-19(15)27-21/h4-6,9-10,13,18,26H,3,7-8,11-12H2,1-2H3. The average molecular weight is 495 g/mol. The van der Waals surface area contributed by atoms with E-state index in [-0.39, 0.29) is 5.97 Å². The number of halogens is 2. The molecule has 0 bridgehead atoms. The van der Waals surface area contributed by atoms with Gasteiger partial charge in [-0.15, -0.1) is 11.3 Å². The Labute approximate surface area is 200 Å². The Kier molecular flexibility index (Phi) is 7.05. The van der Waals surface area contributed by atoms with Crippen molar-refractivity contribution in [3.05, 3.63) is 46.4 Å². The lowest BCUT2D eigenvalue weighted by atomic mass is 9.87. The first-order valence-electron chi connectivity index (χ1n) is 10.3. The molecule has 7 nitrogen and oxygen atoms in total. The number of benzene rings is 1. The molecule has 2 aromatic heterocycles. The summed E-state index contributed by atoms with van der Waals surface area (Å²) < 4.78 is 10.6. The van der Waals surface area contributed by atoms with E-state index in [4.69, 9.17) is 32.7 Å². The van der Waals surface area contributed by atoms with Crippen LogP contribution in [0.25, 0.3) is 10.2 Å². The van der Waals surface area contributed by atoms with Crippen LogP contribution in [0.15, 0.2) is 35.8 Å². The minimum absolute atomic E-state index is 0.297. The van der Waals surface area contributed by atoms with Crippen molar-refractivity contribution in [2.45, 2.75) is 37.4 Å². The van der Waals surface area contributed by atoms with Crippen molar-refractivity contribution >= 4 is 56.7 Å². The highest BCUT2D eigenvalue weighted by molar-refractivity contribution is 7.16. The van der Waals surface area contributed by atoms with Crippen LogP contribution < -0.4 is 15.0 Å². The van der Waals surface area contributed by atoms with E-state index in [0.717, 1.165) is 15.8 Å². The summed E-state index contributed by atoms with van der Waals surface area (Å²) in [6.45, 7) is 3.04. The van der Waals surface area contributed by atoms with Gasteiger partial charge in [-0.25, -0.2) is 9.97 Å². The zero-order valence-electron chi connectivity index (χ0n) is 17.8. The first-order chi connectivity index (χ1) is 15.5. The fourth-order valence-electron chi connectivity index (χ4n) is 3.84. The number of aromatic nitrogens is 2. The van der Waals surface area contributed by atoms with Crippen molar-refractivity contribution in [2.24, 2.45) is 0 Å². The lowest BCUT2D eigenvalue weighted by Crippen LogP contribution is -2.61. The van der Waals surface area contributed by atoms with Crippen molar-refractivity contribution in [1.29, 1.82) is 0 Å². The molecular formula is C22H24Cl2N4O3S. The molecule has 0 saturated carbocycles. The van der Waals surface area contributed by atoms with Crippen LogP contribution in [0.1, 0.15) is 25.3 Å². The number of hydrogen-bond acceptors (Lipinski definition) is 8. The topological polar surface area (TPSA) is 76.6 Å². The number of carbonyl (C=O) groups excluding carboxylic acids is 1. The number of piperidine rings is 1. The number of nitrogens with zero attached hydrogens (tertiary/aromatic N) is 3. The predicted molar refractivity (Wildman–Crippen MR) is 128 cm³/mol. The summed E-state index contributed by atoms with van der Waals surface area (Å²) in [5.74, 6) is 0.867. The van der Waals surface area contributed by atoms with E-state index < -0.39 is 11.0 Å². The Balaban J connectivity index is 1.52. The Bertz CT molecular complexity index is 1110. The number of nitrogens with one attached hydrogen (secondary N) is 1. The van der Waals surface area contributed by atoms with Gasteiger partial charge in [-0.1, -0.05) is 29.3 Å². The third-order valence-corrected chi connectivity index (χ3v) is 7.11. The molecule has 170 valence electrons. The van der Waals surface area contributed by atoms with Gasteiger partial charge in [0.2, 0.25) is 5.95 Å². The van der Waals surface area contributed by atoms with E-state index in [1.807, 2.05) is 28.5 Å². The summed E-state index contributed by atoms with van der Waals surface area (Å²) in [6.07, 6.45) is 2.66. The number of alkyl halides is 1. The van der Waals surface area contributed by atoms with Crippen LogP contribution in [0.3, 0.4) is 0 Å². The summed E-state index contributed by atoms with van der Waals surface area (Å²) >= 11 is 14.6. The molecule has 32 heavy (non-hydrogen) atoms. The van der Waals surface area contributed by atoms with E-state index in [9.17, 15) is 4.79 Å². The number of ether oxygens (including phenoxy) is 2. The number of rotatable bonds is 7. The first-order valence-corrected chi connectivity index (χ1v) is 12.0. The second-order valence-electron chi connectivity index (χ2n) is 7.56. The van der Waals surface area contributed by atoms with Crippen LogP contribution in [0.5, 0.6) is 5.75 Å². The average Bonchev–Trinajstić information content (AvgIpc) is 3.26. The zero-order valence-corrected chi connectivity index (χ0v) is 20.1. The largest absolute Gasteiger partial charge is 0.495 e. The Morgan fingerprint density at radius 1 is 1.41 bits per heavy atom. The molecule has 0 aliphatic carbocycles. The first kappa shape index (κ1) is 23.0. The molecule has 0 amide bonds. The number of esters is 1. The minimum Gasteiger partial charge on any atom is -0.495 e. The Hall–Kier alpha value is -2.13. The van der Waals surface area contributed by atoms with Gasteiger partial charge in [0.15, 0.2) is 0 Å². The summed E-state index contributed by atoms with van der Waals surface area (Å²) in [5.41, 5.74) is -0.463. The maximum Gasteiger partial charge on any atom is 0.326 e. The van der Waals surface area contributed by atoms with E-state index in [1.165, 1.54) is 0 Å². The molecule has 1 N–H and O–H groups in total. The molecule has 4 rings (SSSR count). The lowest BCUT2D eigenvalue weighted by Gasteiger charge is -2.43. The van der Waals surface area contributed by atoms with Gasteiger partial charge in [-0.2, -0.15) is 0 Å². The number of thiophene rings is 1. The van der Waals surface area contributed by atoms with Gasteiger partial charge >= 0.3 is 5.97 Å². The number of carbonyl (C=O) groups is 1. The maximum atomic E-state index is 13.0. The second-order valence-corrected chi connectivity index (χ2v) is 9.36. The maximum absolute atomic E-state index is 13.0. The van der Waals surface area contributed by atoms with E-state index in [2.05, 4.69) is 15.3 Å². The van der Waals surface area contributed by atoms with E-state index in [1.54, 1.807) is 37.6 Å². The summed E-state index contributed by atoms with van der Waals surface area (Å²) in [4.78, 5) is 25.0. The van der Waals surface area contributed by atoms with Crippen LogP contribution in [0.2, 0.25) is 5.02 Å². The zero-order chi connectivity index (χ0) is 22.7. The van der Waals surface area contributed by atoms with Gasteiger partial charge in [0.05, 0.1) is 18.7 Å². The summed E-state index contributed by atoms with van der Waals surface area (Å²) in [5, 5.41) is 6.91. The number of fused-ring (bicyclic) bond motifs is 1. The molecule has 3 aromatic rings. The quantitative estimate of drug-likeness (QED) is 0.292. The third-order valence-electron chi connectivity index (χ3n) is 5.60. The number of anilines is 1. The van der Waals surface area contributed by atoms with Crippen LogP contribution in [-0.2, 0) is 16.1 Å². The molecule has 1 aromatic carbocycles.